The first-order valence-electron chi connectivity index (χ1n) is 9.08. The number of esters is 1. The monoisotopic (exact) mass is 371 g/mol. The molecule has 3 rings (SSSR count). The average molecular weight is 371 g/mol. The summed E-state index contributed by atoms with van der Waals surface area (Å²) in [5, 5.41) is 2.86. The zero-order valence-electron chi connectivity index (χ0n) is 15.6. The third-order valence-corrected chi connectivity index (χ3v) is 4.11. The zero-order valence-corrected chi connectivity index (χ0v) is 15.6. The molecule has 0 heterocycles. The highest BCUT2D eigenvalue weighted by Gasteiger charge is 2.17. The second-order valence-electron chi connectivity index (χ2n) is 6.05. The van der Waals surface area contributed by atoms with E-state index in [4.69, 9.17) is 4.74 Å². The Morgan fingerprint density at radius 3 is 2.14 bits per heavy atom. The Balaban J connectivity index is 1.96. The van der Waals surface area contributed by atoms with Crippen LogP contribution in [0.4, 0.5) is 5.69 Å². The molecule has 1 N–H and O–H groups in total. The number of hydrogen-bond acceptors (Lipinski definition) is 3. The third kappa shape index (κ3) is 4.74. The Bertz CT molecular complexity index is 979. The van der Waals surface area contributed by atoms with Crippen LogP contribution < -0.4 is 5.32 Å². The molecular weight excluding hydrogens is 350 g/mol. The van der Waals surface area contributed by atoms with E-state index in [-0.39, 0.29) is 12.5 Å². The average Bonchev–Trinajstić information content (AvgIpc) is 2.74. The molecule has 0 aliphatic carbocycles. The summed E-state index contributed by atoms with van der Waals surface area (Å²) >= 11 is 0. The summed E-state index contributed by atoms with van der Waals surface area (Å²) in [7, 11) is 0. The summed E-state index contributed by atoms with van der Waals surface area (Å²) < 4.78 is 5.09. The Labute approximate surface area is 164 Å². The molecule has 28 heavy (non-hydrogen) atoms. The lowest BCUT2D eigenvalue weighted by Gasteiger charge is -2.13. The van der Waals surface area contributed by atoms with Gasteiger partial charge in [0.15, 0.2) is 0 Å². The van der Waals surface area contributed by atoms with Crippen molar-refractivity contribution < 1.29 is 14.3 Å². The van der Waals surface area contributed by atoms with Crippen LogP contribution >= 0.6 is 0 Å². The van der Waals surface area contributed by atoms with E-state index in [0.29, 0.717) is 16.8 Å². The first-order chi connectivity index (χ1) is 13.7. The number of benzene rings is 3. The summed E-state index contributed by atoms with van der Waals surface area (Å²) in [6, 6.07) is 25.9. The quantitative estimate of drug-likeness (QED) is 0.375. The van der Waals surface area contributed by atoms with Crippen molar-refractivity contribution in [1.82, 2.24) is 0 Å². The molecule has 0 aliphatic heterocycles. The smallest absolute Gasteiger partial charge is 0.340 e. The van der Waals surface area contributed by atoms with Crippen LogP contribution in [0.1, 0.15) is 28.4 Å². The number of rotatable bonds is 6. The molecule has 0 bridgehead atoms. The van der Waals surface area contributed by atoms with Crippen molar-refractivity contribution in [2.24, 2.45) is 0 Å². The van der Waals surface area contributed by atoms with Gasteiger partial charge in [-0.15, -0.1) is 0 Å². The van der Waals surface area contributed by atoms with Crippen molar-refractivity contribution in [3.63, 3.8) is 0 Å². The van der Waals surface area contributed by atoms with E-state index in [2.05, 4.69) is 5.32 Å². The van der Waals surface area contributed by atoms with Gasteiger partial charge >= 0.3 is 5.97 Å². The fourth-order valence-corrected chi connectivity index (χ4v) is 2.78. The molecule has 4 heteroatoms. The Morgan fingerprint density at radius 2 is 1.46 bits per heavy atom. The van der Waals surface area contributed by atoms with Crippen molar-refractivity contribution in [1.29, 1.82) is 0 Å². The summed E-state index contributed by atoms with van der Waals surface area (Å²) in [4.78, 5) is 25.3. The van der Waals surface area contributed by atoms with Gasteiger partial charge in [0.05, 0.1) is 17.9 Å². The number of hydrogen-bond donors (Lipinski definition) is 1. The topological polar surface area (TPSA) is 55.4 Å². The number of ether oxygens (including phenoxy) is 1. The number of carbonyl (C=O) groups excluding carboxylic acids is 2. The van der Waals surface area contributed by atoms with E-state index < -0.39 is 5.97 Å². The van der Waals surface area contributed by atoms with Crippen LogP contribution in [0, 0.1) is 0 Å². The van der Waals surface area contributed by atoms with E-state index in [9.17, 15) is 9.59 Å². The molecule has 0 saturated carbocycles. The standard InChI is InChI=1S/C24H21NO3/c1-2-28-24(27)20-15-9-10-16-22(20)25-23(26)21(19-13-7-4-8-14-19)17-18-11-5-3-6-12-18/h3-17H,2H2,1H3,(H,25,26)/b21-17+. The van der Waals surface area contributed by atoms with Gasteiger partial charge in [0, 0.05) is 5.57 Å². The molecular formula is C24H21NO3. The summed E-state index contributed by atoms with van der Waals surface area (Å²) in [5.74, 6) is -0.765. The van der Waals surface area contributed by atoms with Crippen LogP contribution in [0.2, 0.25) is 0 Å². The van der Waals surface area contributed by atoms with Gasteiger partial charge < -0.3 is 10.1 Å². The molecule has 0 aliphatic rings. The highest BCUT2D eigenvalue weighted by Crippen LogP contribution is 2.23. The lowest BCUT2D eigenvalue weighted by atomic mass is 10.0. The summed E-state index contributed by atoms with van der Waals surface area (Å²) in [6.45, 7) is 2.01. The molecule has 0 spiro atoms. The normalized spacial score (nSPS) is 11.0. The maximum Gasteiger partial charge on any atom is 0.340 e. The molecule has 1 amide bonds. The molecule has 0 atom stereocenters. The largest absolute Gasteiger partial charge is 0.462 e. The predicted molar refractivity (Wildman–Crippen MR) is 112 cm³/mol. The van der Waals surface area contributed by atoms with Crippen LogP contribution in [0.25, 0.3) is 11.6 Å². The van der Waals surface area contributed by atoms with Crippen LogP contribution in [-0.4, -0.2) is 18.5 Å². The van der Waals surface area contributed by atoms with Gasteiger partial charge in [-0.1, -0.05) is 72.8 Å². The SMILES string of the molecule is CCOC(=O)c1ccccc1NC(=O)/C(=C/c1ccccc1)c1ccccc1. The molecule has 0 saturated heterocycles. The lowest BCUT2D eigenvalue weighted by molar-refractivity contribution is -0.111. The Morgan fingerprint density at radius 1 is 0.857 bits per heavy atom. The number of amides is 1. The van der Waals surface area contributed by atoms with Crippen molar-refractivity contribution in [2.75, 3.05) is 11.9 Å². The Kier molecular flexibility index (Phi) is 6.37. The zero-order chi connectivity index (χ0) is 19.8. The first kappa shape index (κ1) is 19.1. The number of nitrogens with one attached hydrogen (secondary N) is 1. The minimum absolute atomic E-state index is 0.268. The minimum Gasteiger partial charge on any atom is -0.462 e. The van der Waals surface area contributed by atoms with E-state index in [1.54, 1.807) is 31.2 Å². The van der Waals surface area contributed by atoms with Gasteiger partial charge in [0.25, 0.3) is 5.91 Å². The van der Waals surface area contributed by atoms with Crippen LogP contribution in [0.15, 0.2) is 84.9 Å². The maximum absolute atomic E-state index is 13.1. The van der Waals surface area contributed by atoms with Crippen LogP contribution in [0.5, 0.6) is 0 Å². The first-order valence-corrected chi connectivity index (χ1v) is 9.08. The van der Waals surface area contributed by atoms with Crippen molar-refractivity contribution in [3.8, 4) is 0 Å². The van der Waals surface area contributed by atoms with Crippen molar-refractivity contribution in [3.05, 3.63) is 102 Å². The molecule has 0 unspecified atom stereocenters. The molecule has 140 valence electrons. The highest BCUT2D eigenvalue weighted by atomic mass is 16.5. The lowest BCUT2D eigenvalue weighted by Crippen LogP contribution is -2.17. The third-order valence-electron chi connectivity index (χ3n) is 4.11. The molecule has 3 aromatic carbocycles. The molecule has 0 fully saturated rings. The van der Waals surface area contributed by atoms with Crippen molar-refractivity contribution in [2.45, 2.75) is 6.92 Å². The van der Waals surface area contributed by atoms with Gasteiger partial charge in [-0.25, -0.2) is 4.79 Å². The van der Waals surface area contributed by atoms with Gasteiger partial charge in [-0.2, -0.15) is 0 Å². The minimum atomic E-state index is -0.466. The molecule has 4 nitrogen and oxygen atoms in total. The summed E-state index contributed by atoms with van der Waals surface area (Å²) in [6.07, 6.45) is 1.83. The van der Waals surface area contributed by atoms with Crippen LogP contribution in [0.3, 0.4) is 0 Å². The number of carbonyl (C=O) groups is 2. The van der Waals surface area contributed by atoms with Gasteiger partial charge in [-0.3, -0.25) is 4.79 Å². The van der Waals surface area contributed by atoms with Gasteiger partial charge in [-0.05, 0) is 36.3 Å². The van der Waals surface area contributed by atoms with E-state index in [0.717, 1.165) is 11.1 Å². The Hall–Kier alpha value is -3.66. The fraction of sp³-hybridized carbons (Fsp3) is 0.0833. The maximum atomic E-state index is 13.1. The van der Waals surface area contributed by atoms with Gasteiger partial charge in [0.1, 0.15) is 0 Å². The molecule has 0 aromatic heterocycles. The van der Waals surface area contributed by atoms with E-state index in [1.807, 2.05) is 66.7 Å². The van der Waals surface area contributed by atoms with E-state index >= 15 is 0 Å². The number of anilines is 1. The second kappa shape index (κ2) is 9.33. The summed E-state index contributed by atoms with van der Waals surface area (Å²) in [5.41, 5.74) is 2.95. The highest BCUT2D eigenvalue weighted by molar-refractivity contribution is 6.29. The number of para-hydroxylation sites is 1. The second-order valence-corrected chi connectivity index (χ2v) is 6.05. The van der Waals surface area contributed by atoms with Crippen LogP contribution in [-0.2, 0) is 9.53 Å². The molecule has 0 radical (unpaired) electrons. The van der Waals surface area contributed by atoms with Gasteiger partial charge in [0.2, 0.25) is 0 Å². The molecule has 3 aromatic rings. The fourth-order valence-electron chi connectivity index (χ4n) is 2.78. The predicted octanol–water partition coefficient (Wildman–Crippen LogP) is 5.04. The van der Waals surface area contributed by atoms with E-state index in [1.165, 1.54) is 0 Å². The van der Waals surface area contributed by atoms with Crippen molar-refractivity contribution >= 4 is 29.2 Å².